The van der Waals surface area contributed by atoms with Crippen molar-refractivity contribution in [3.8, 4) is 17.1 Å². The number of halogens is 1. The van der Waals surface area contributed by atoms with Crippen LogP contribution in [0.4, 0.5) is 5.69 Å². The molecular formula is C25H21ClN4OS. The van der Waals surface area contributed by atoms with Gasteiger partial charge in [0.05, 0.1) is 16.3 Å². The molecule has 0 spiro atoms. The molecule has 0 saturated carbocycles. The van der Waals surface area contributed by atoms with Gasteiger partial charge in [-0.15, -0.1) is 11.3 Å². The fraction of sp³-hybridized carbons (Fsp3) is 0.240. The molecule has 3 aromatic rings. The first-order chi connectivity index (χ1) is 15.4. The van der Waals surface area contributed by atoms with Gasteiger partial charge in [-0.25, -0.2) is 0 Å². The van der Waals surface area contributed by atoms with Crippen molar-refractivity contribution >= 4 is 40.6 Å². The first-order valence-electron chi connectivity index (χ1n) is 10.4. The summed E-state index contributed by atoms with van der Waals surface area (Å²) in [5.74, 6) is -0.519. The van der Waals surface area contributed by atoms with Crippen molar-refractivity contribution in [1.29, 1.82) is 10.5 Å². The number of fused-ring (bicyclic) bond motifs is 1. The number of nitrogens with one attached hydrogen (secondary N) is 1. The number of amides is 1. The third-order valence-corrected chi connectivity index (χ3v) is 7.33. The van der Waals surface area contributed by atoms with Crippen LogP contribution in [0.3, 0.4) is 0 Å². The Balaban J connectivity index is 1.72. The maximum Gasteiger partial charge on any atom is 0.266 e. The quantitative estimate of drug-likeness (QED) is 0.377. The van der Waals surface area contributed by atoms with E-state index >= 15 is 0 Å². The number of thiophene rings is 1. The van der Waals surface area contributed by atoms with E-state index in [1.54, 1.807) is 41.7 Å². The van der Waals surface area contributed by atoms with Gasteiger partial charge in [0.2, 0.25) is 0 Å². The summed E-state index contributed by atoms with van der Waals surface area (Å²) in [5.41, 5.74) is 4.97. The molecule has 1 aliphatic rings. The molecular weight excluding hydrogens is 440 g/mol. The highest BCUT2D eigenvalue weighted by Crippen LogP contribution is 2.38. The Bertz CT molecular complexity index is 1330. The summed E-state index contributed by atoms with van der Waals surface area (Å²) < 4.78 is 2.06. The van der Waals surface area contributed by atoms with Crippen LogP contribution in [0.15, 0.2) is 35.9 Å². The van der Waals surface area contributed by atoms with Crippen molar-refractivity contribution < 1.29 is 4.79 Å². The van der Waals surface area contributed by atoms with Crippen LogP contribution in [0.2, 0.25) is 5.02 Å². The minimum absolute atomic E-state index is 0.0175. The topological polar surface area (TPSA) is 81.6 Å². The van der Waals surface area contributed by atoms with Gasteiger partial charge >= 0.3 is 0 Å². The summed E-state index contributed by atoms with van der Waals surface area (Å²) in [6, 6.07) is 13.2. The number of hydrogen-bond donors (Lipinski definition) is 1. The lowest BCUT2D eigenvalue weighted by Gasteiger charge is -2.10. The highest BCUT2D eigenvalue weighted by molar-refractivity contribution is 7.15. The normalized spacial score (nSPS) is 13.2. The average molecular weight is 461 g/mol. The predicted molar refractivity (Wildman–Crippen MR) is 128 cm³/mol. The Hall–Kier alpha value is -3.32. The molecule has 0 atom stereocenters. The smallest absolute Gasteiger partial charge is 0.266 e. The SMILES string of the molecule is Cc1cc(/C=C(/C#N)C(=O)Nc2ccccc2Cl)c(C)n1-c1sc2c(c1C#N)CCCC2. The van der Waals surface area contributed by atoms with E-state index in [0.717, 1.165) is 53.2 Å². The number of nitriles is 2. The molecule has 7 heteroatoms. The molecule has 0 unspecified atom stereocenters. The van der Waals surface area contributed by atoms with Crippen molar-refractivity contribution in [2.24, 2.45) is 0 Å². The second-order valence-electron chi connectivity index (χ2n) is 7.77. The molecule has 0 bridgehead atoms. The molecule has 2 aromatic heterocycles. The summed E-state index contributed by atoms with van der Waals surface area (Å²) in [7, 11) is 0. The largest absolute Gasteiger partial charge is 0.320 e. The number of para-hydroxylation sites is 1. The molecule has 1 aromatic carbocycles. The van der Waals surface area contributed by atoms with Crippen molar-refractivity contribution in [3.63, 3.8) is 0 Å². The number of aromatic nitrogens is 1. The van der Waals surface area contributed by atoms with Gasteiger partial charge in [0, 0.05) is 16.3 Å². The highest BCUT2D eigenvalue weighted by Gasteiger charge is 2.24. The third-order valence-electron chi connectivity index (χ3n) is 5.72. The minimum Gasteiger partial charge on any atom is -0.320 e. The van der Waals surface area contributed by atoms with Gasteiger partial charge in [0.15, 0.2) is 0 Å². The molecule has 4 rings (SSSR count). The fourth-order valence-corrected chi connectivity index (χ4v) is 5.76. The van der Waals surface area contributed by atoms with Gasteiger partial charge in [0.1, 0.15) is 22.7 Å². The van der Waals surface area contributed by atoms with Crippen LogP contribution in [0, 0.1) is 36.5 Å². The van der Waals surface area contributed by atoms with E-state index in [0.29, 0.717) is 10.7 Å². The number of rotatable bonds is 4. The first kappa shape index (κ1) is 21.9. The number of anilines is 1. The van der Waals surface area contributed by atoms with Crippen LogP contribution < -0.4 is 5.32 Å². The maximum absolute atomic E-state index is 12.7. The van der Waals surface area contributed by atoms with Crippen LogP contribution >= 0.6 is 22.9 Å². The van der Waals surface area contributed by atoms with Crippen LogP contribution in [0.1, 0.15) is 45.8 Å². The van der Waals surface area contributed by atoms with E-state index in [9.17, 15) is 15.3 Å². The highest BCUT2D eigenvalue weighted by atomic mass is 35.5. The van der Waals surface area contributed by atoms with Crippen LogP contribution in [-0.4, -0.2) is 10.5 Å². The maximum atomic E-state index is 12.7. The van der Waals surface area contributed by atoms with Gasteiger partial charge in [-0.2, -0.15) is 10.5 Å². The summed E-state index contributed by atoms with van der Waals surface area (Å²) >= 11 is 7.80. The summed E-state index contributed by atoms with van der Waals surface area (Å²) in [6.07, 6.45) is 5.82. The van der Waals surface area contributed by atoms with Gasteiger partial charge in [-0.05, 0) is 74.9 Å². The summed E-state index contributed by atoms with van der Waals surface area (Å²) in [6.45, 7) is 3.92. The van der Waals surface area contributed by atoms with E-state index in [2.05, 4.69) is 16.0 Å². The average Bonchev–Trinajstić information content (AvgIpc) is 3.28. The molecule has 32 heavy (non-hydrogen) atoms. The number of nitrogens with zero attached hydrogens (tertiary/aromatic N) is 3. The van der Waals surface area contributed by atoms with Crippen molar-refractivity contribution in [1.82, 2.24) is 4.57 Å². The number of aryl methyl sites for hydroxylation is 2. The second-order valence-corrected chi connectivity index (χ2v) is 9.26. The molecule has 0 radical (unpaired) electrons. The van der Waals surface area contributed by atoms with Gasteiger partial charge in [-0.3, -0.25) is 4.79 Å². The fourth-order valence-electron chi connectivity index (χ4n) is 4.13. The number of carbonyl (C=O) groups is 1. The second kappa shape index (κ2) is 9.04. The Labute approximate surface area is 196 Å². The zero-order chi connectivity index (χ0) is 22.8. The van der Waals surface area contributed by atoms with E-state index in [1.165, 1.54) is 10.4 Å². The van der Waals surface area contributed by atoms with Crippen LogP contribution in [0.25, 0.3) is 11.1 Å². The number of carbonyl (C=O) groups excluding carboxylic acids is 1. The number of benzene rings is 1. The Kier molecular flexibility index (Phi) is 6.19. The van der Waals surface area contributed by atoms with Gasteiger partial charge in [-0.1, -0.05) is 23.7 Å². The molecule has 1 amide bonds. The van der Waals surface area contributed by atoms with Crippen LogP contribution in [-0.2, 0) is 17.6 Å². The zero-order valence-corrected chi connectivity index (χ0v) is 19.4. The molecule has 1 aliphatic carbocycles. The Morgan fingerprint density at radius 2 is 1.97 bits per heavy atom. The lowest BCUT2D eigenvalue weighted by atomic mass is 9.96. The molecule has 5 nitrogen and oxygen atoms in total. The van der Waals surface area contributed by atoms with E-state index in [1.807, 2.05) is 26.0 Å². The van der Waals surface area contributed by atoms with E-state index < -0.39 is 5.91 Å². The van der Waals surface area contributed by atoms with Gasteiger partial charge in [0.25, 0.3) is 5.91 Å². The summed E-state index contributed by atoms with van der Waals surface area (Å²) in [4.78, 5) is 14.0. The lowest BCUT2D eigenvalue weighted by molar-refractivity contribution is -0.112. The summed E-state index contributed by atoms with van der Waals surface area (Å²) in [5, 5.41) is 23.5. The molecule has 0 fully saturated rings. The van der Waals surface area contributed by atoms with Crippen molar-refractivity contribution in [2.45, 2.75) is 39.5 Å². The standard InChI is InChI=1S/C25H21ClN4OS/c1-15-11-17(12-18(13-27)24(31)29-22-9-5-4-8-21(22)26)16(2)30(15)25-20(14-28)19-7-3-6-10-23(19)32-25/h4-5,8-9,11-12H,3,6-7,10H2,1-2H3,(H,29,31)/b18-12-. The van der Waals surface area contributed by atoms with Crippen molar-refractivity contribution in [3.05, 3.63) is 73.9 Å². The molecule has 160 valence electrons. The Morgan fingerprint density at radius 3 is 2.69 bits per heavy atom. The lowest BCUT2D eigenvalue weighted by Crippen LogP contribution is -2.13. The number of hydrogen-bond acceptors (Lipinski definition) is 4. The molecule has 0 aliphatic heterocycles. The molecule has 1 N–H and O–H groups in total. The van der Waals surface area contributed by atoms with Crippen LogP contribution in [0.5, 0.6) is 0 Å². The van der Waals surface area contributed by atoms with E-state index in [4.69, 9.17) is 11.6 Å². The third kappa shape index (κ3) is 3.96. The monoisotopic (exact) mass is 460 g/mol. The van der Waals surface area contributed by atoms with E-state index in [-0.39, 0.29) is 5.57 Å². The molecule has 2 heterocycles. The Morgan fingerprint density at radius 1 is 1.22 bits per heavy atom. The minimum atomic E-state index is -0.519. The van der Waals surface area contributed by atoms with Crippen molar-refractivity contribution in [2.75, 3.05) is 5.32 Å². The zero-order valence-electron chi connectivity index (χ0n) is 17.8. The van der Waals surface area contributed by atoms with Gasteiger partial charge < -0.3 is 9.88 Å². The first-order valence-corrected chi connectivity index (χ1v) is 11.6. The predicted octanol–water partition coefficient (Wildman–Crippen LogP) is 6.11. The molecule has 0 saturated heterocycles.